The predicted molar refractivity (Wildman–Crippen MR) is 76.5 cm³/mol. The van der Waals surface area contributed by atoms with Crippen molar-refractivity contribution >= 4 is 11.6 Å². The first-order valence-electron chi connectivity index (χ1n) is 6.66. The molecule has 0 saturated carbocycles. The highest BCUT2D eigenvalue weighted by atomic mass is 16.5. The van der Waals surface area contributed by atoms with E-state index in [1.165, 1.54) is 0 Å². The zero-order valence-corrected chi connectivity index (χ0v) is 12.1. The standard InChI is InChI=1S/C15H22N2O2/c1-11-9-17(10-15(2,3)19-11)14(18)12-5-7-13(16-4)8-6-12/h5-8,11,16H,9-10H2,1-4H3. The molecule has 1 unspecified atom stereocenters. The highest BCUT2D eigenvalue weighted by Crippen LogP contribution is 2.22. The number of benzene rings is 1. The lowest BCUT2D eigenvalue weighted by atomic mass is 10.0. The van der Waals surface area contributed by atoms with Gasteiger partial charge in [-0.2, -0.15) is 0 Å². The Bertz CT molecular complexity index is 454. The van der Waals surface area contributed by atoms with Crippen molar-refractivity contribution in [2.24, 2.45) is 0 Å². The number of carbonyl (C=O) groups excluding carboxylic acids is 1. The van der Waals surface area contributed by atoms with Gasteiger partial charge in [-0.05, 0) is 45.0 Å². The molecule has 0 spiro atoms. The number of hydrogen-bond donors (Lipinski definition) is 1. The van der Waals surface area contributed by atoms with E-state index in [9.17, 15) is 4.79 Å². The van der Waals surface area contributed by atoms with Crippen LogP contribution < -0.4 is 5.32 Å². The van der Waals surface area contributed by atoms with Gasteiger partial charge in [-0.3, -0.25) is 4.79 Å². The van der Waals surface area contributed by atoms with Gasteiger partial charge in [-0.15, -0.1) is 0 Å². The van der Waals surface area contributed by atoms with Crippen LogP contribution in [-0.2, 0) is 4.74 Å². The van der Waals surface area contributed by atoms with Gasteiger partial charge in [0.05, 0.1) is 11.7 Å². The normalized spacial score (nSPS) is 22.1. The minimum Gasteiger partial charge on any atom is -0.388 e. The van der Waals surface area contributed by atoms with Crippen LogP contribution in [0.2, 0.25) is 0 Å². The van der Waals surface area contributed by atoms with Gasteiger partial charge in [0, 0.05) is 31.4 Å². The summed E-state index contributed by atoms with van der Waals surface area (Å²) in [6.07, 6.45) is 0.0734. The van der Waals surface area contributed by atoms with E-state index in [0.29, 0.717) is 13.1 Å². The van der Waals surface area contributed by atoms with E-state index < -0.39 is 0 Å². The van der Waals surface area contributed by atoms with Gasteiger partial charge >= 0.3 is 0 Å². The van der Waals surface area contributed by atoms with Gasteiger partial charge in [-0.1, -0.05) is 0 Å². The van der Waals surface area contributed by atoms with Gasteiger partial charge < -0.3 is 15.0 Å². The van der Waals surface area contributed by atoms with Crippen LogP contribution in [0, 0.1) is 0 Å². The van der Waals surface area contributed by atoms with Crippen molar-refractivity contribution < 1.29 is 9.53 Å². The number of amides is 1. The van der Waals surface area contributed by atoms with Crippen molar-refractivity contribution in [3.63, 3.8) is 0 Å². The second kappa shape index (κ2) is 5.21. The van der Waals surface area contributed by atoms with E-state index >= 15 is 0 Å². The zero-order chi connectivity index (χ0) is 14.0. The summed E-state index contributed by atoms with van der Waals surface area (Å²) in [6.45, 7) is 7.32. The van der Waals surface area contributed by atoms with Crippen LogP contribution in [0.3, 0.4) is 0 Å². The SMILES string of the molecule is CNc1ccc(C(=O)N2CC(C)OC(C)(C)C2)cc1. The zero-order valence-electron chi connectivity index (χ0n) is 12.1. The Balaban J connectivity index is 2.14. The lowest BCUT2D eigenvalue weighted by Crippen LogP contribution is -2.53. The minimum atomic E-state index is -0.280. The highest BCUT2D eigenvalue weighted by molar-refractivity contribution is 5.94. The molecular weight excluding hydrogens is 240 g/mol. The van der Waals surface area contributed by atoms with Crippen LogP contribution in [0.15, 0.2) is 24.3 Å². The average molecular weight is 262 g/mol. The molecule has 1 aliphatic heterocycles. The Kier molecular flexibility index (Phi) is 3.80. The van der Waals surface area contributed by atoms with Crippen LogP contribution in [0.25, 0.3) is 0 Å². The summed E-state index contributed by atoms with van der Waals surface area (Å²) in [5.74, 6) is 0.0749. The number of ether oxygens (including phenoxy) is 1. The smallest absolute Gasteiger partial charge is 0.254 e. The van der Waals surface area contributed by atoms with Crippen molar-refractivity contribution in [3.05, 3.63) is 29.8 Å². The summed E-state index contributed by atoms with van der Waals surface area (Å²) in [7, 11) is 1.86. The number of rotatable bonds is 2. The topological polar surface area (TPSA) is 41.6 Å². The molecule has 0 aliphatic carbocycles. The summed E-state index contributed by atoms with van der Waals surface area (Å²) in [5, 5.41) is 3.05. The molecule has 0 aromatic heterocycles. The van der Waals surface area contributed by atoms with Crippen LogP contribution in [0.5, 0.6) is 0 Å². The first kappa shape index (κ1) is 13.9. The maximum atomic E-state index is 12.5. The molecule has 1 aromatic rings. The Labute approximate surface area is 114 Å². The van der Waals surface area contributed by atoms with Crippen molar-refractivity contribution in [1.82, 2.24) is 4.90 Å². The molecule has 1 saturated heterocycles. The van der Waals surface area contributed by atoms with E-state index in [2.05, 4.69) is 5.32 Å². The molecule has 0 radical (unpaired) electrons. The maximum Gasteiger partial charge on any atom is 0.254 e. The molecular formula is C15H22N2O2. The fourth-order valence-corrected chi connectivity index (χ4v) is 2.57. The van der Waals surface area contributed by atoms with Crippen LogP contribution in [0.4, 0.5) is 5.69 Å². The Morgan fingerprint density at radius 2 is 2.00 bits per heavy atom. The quantitative estimate of drug-likeness (QED) is 0.889. The third kappa shape index (κ3) is 3.26. The molecule has 2 rings (SSSR count). The number of hydrogen-bond acceptors (Lipinski definition) is 3. The fourth-order valence-electron chi connectivity index (χ4n) is 2.57. The first-order chi connectivity index (χ1) is 8.91. The van der Waals surface area contributed by atoms with Gasteiger partial charge in [0.15, 0.2) is 0 Å². The van der Waals surface area contributed by atoms with Gasteiger partial charge in [0.1, 0.15) is 0 Å². The maximum absolute atomic E-state index is 12.5. The van der Waals surface area contributed by atoms with Gasteiger partial charge in [0.2, 0.25) is 0 Å². The number of morpholine rings is 1. The molecule has 1 aromatic carbocycles. The van der Waals surface area contributed by atoms with E-state index in [1.54, 1.807) is 0 Å². The Hall–Kier alpha value is -1.55. The Morgan fingerprint density at radius 1 is 1.37 bits per heavy atom. The first-order valence-corrected chi connectivity index (χ1v) is 6.66. The largest absolute Gasteiger partial charge is 0.388 e. The molecule has 4 nitrogen and oxygen atoms in total. The van der Waals surface area contributed by atoms with Crippen LogP contribution in [0.1, 0.15) is 31.1 Å². The molecule has 104 valence electrons. The summed E-state index contributed by atoms with van der Waals surface area (Å²) in [4.78, 5) is 14.4. The molecule has 1 amide bonds. The molecule has 1 fully saturated rings. The number of nitrogens with zero attached hydrogens (tertiary/aromatic N) is 1. The van der Waals surface area contributed by atoms with E-state index in [0.717, 1.165) is 11.3 Å². The summed E-state index contributed by atoms with van der Waals surface area (Å²) in [5.41, 5.74) is 1.45. The second-order valence-corrected chi connectivity index (χ2v) is 5.70. The lowest BCUT2D eigenvalue weighted by molar-refractivity contribution is -0.118. The van der Waals surface area contributed by atoms with Gasteiger partial charge in [0.25, 0.3) is 5.91 Å². The second-order valence-electron chi connectivity index (χ2n) is 5.70. The molecule has 19 heavy (non-hydrogen) atoms. The number of nitrogens with one attached hydrogen (secondary N) is 1. The number of anilines is 1. The number of carbonyl (C=O) groups is 1. The van der Waals surface area contributed by atoms with E-state index in [-0.39, 0.29) is 17.6 Å². The molecule has 1 heterocycles. The van der Waals surface area contributed by atoms with E-state index in [1.807, 2.05) is 57.0 Å². The van der Waals surface area contributed by atoms with Crippen molar-refractivity contribution in [3.8, 4) is 0 Å². The summed E-state index contributed by atoms with van der Waals surface area (Å²) in [6, 6.07) is 7.56. The van der Waals surface area contributed by atoms with Crippen molar-refractivity contribution in [1.29, 1.82) is 0 Å². The Morgan fingerprint density at radius 3 is 2.53 bits per heavy atom. The lowest BCUT2D eigenvalue weighted by Gasteiger charge is -2.41. The average Bonchev–Trinajstić information content (AvgIpc) is 2.35. The third-order valence-electron chi connectivity index (χ3n) is 3.28. The van der Waals surface area contributed by atoms with Crippen LogP contribution >= 0.6 is 0 Å². The molecule has 0 bridgehead atoms. The summed E-state index contributed by atoms with van der Waals surface area (Å²) < 4.78 is 5.82. The highest BCUT2D eigenvalue weighted by Gasteiger charge is 2.33. The monoisotopic (exact) mass is 262 g/mol. The molecule has 1 atom stereocenters. The summed E-state index contributed by atoms with van der Waals surface area (Å²) >= 11 is 0. The fraction of sp³-hybridized carbons (Fsp3) is 0.533. The molecule has 4 heteroatoms. The minimum absolute atomic E-state index is 0.0734. The molecule has 1 aliphatic rings. The van der Waals surface area contributed by atoms with Crippen LogP contribution in [-0.4, -0.2) is 42.6 Å². The predicted octanol–water partition coefficient (Wildman–Crippen LogP) is 2.37. The van der Waals surface area contributed by atoms with E-state index in [4.69, 9.17) is 4.74 Å². The van der Waals surface area contributed by atoms with Crippen molar-refractivity contribution in [2.75, 3.05) is 25.5 Å². The third-order valence-corrected chi connectivity index (χ3v) is 3.28. The van der Waals surface area contributed by atoms with Crippen molar-refractivity contribution in [2.45, 2.75) is 32.5 Å². The molecule has 1 N–H and O–H groups in total. The van der Waals surface area contributed by atoms with Gasteiger partial charge in [-0.25, -0.2) is 0 Å².